The number of methoxy groups -OCH3 is 2. The first-order valence-electron chi connectivity index (χ1n) is 8.00. The van der Waals surface area contributed by atoms with Crippen molar-refractivity contribution in [1.82, 2.24) is 4.90 Å². The van der Waals surface area contributed by atoms with E-state index in [1.807, 2.05) is 0 Å². The largest absolute Gasteiger partial charge is 0.465 e. The Kier molecular flexibility index (Phi) is 6.52. The summed E-state index contributed by atoms with van der Waals surface area (Å²) in [6.07, 6.45) is -0.600. The van der Waals surface area contributed by atoms with Crippen molar-refractivity contribution in [2.75, 3.05) is 32.6 Å². The highest BCUT2D eigenvalue weighted by atomic mass is 32.1. The predicted octanol–water partition coefficient (Wildman–Crippen LogP) is -0.511. The molecule has 2 atom stereocenters. The van der Waals surface area contributed by atoms with Gasteiger partial charge in [-0.2, -0.15) is 0 Å². The highest BCUT2D eigenvalue weighted by Gasteiger charge is 2.36. The third-order valence-corrected chi connectivity index (χ3v) is 5.40. The molecule has 0 aliphatic carbocycles. The van der Waals surface area contributed by atoms with Crippen molar-refractivity contribution in [1.29, 1.82) is 0 Å². The molecule has 4 N–H and O–H groups in total. The summed E-state index contributed by atoms with van der Waals surface area (Å²) >= 11 is 0.890. The zero-order chi connectivity index (χ0) is 20.3. The Morgan fingerprint density at radius 1 is 1.26 bits per heavy atom. The van der Waals surface area contributed by atoms with Crippen molar-refractivity contribution in [3.63, 3.8) is 0 Å². The second-order valence-corrected chi connectivity index (χ2v) is 7.05. The van der Waals surface area contributed by atoms with Gasteiger partial charge in [0.1, 0.15) is 9.88 Å². The Morgan fingerprint density at radius 3 is 2.44 bits per heavy atom. The summed E-state index contributed by atoms with van der Waals surface area (Å²) < 4.78 is 9.40. The number of ether oxygens (including phenoxy) is 2. The van der Waals surface area contributed by atoms with Crippen LogP contribution in [0.15, 0.2) is 0 Å². The number of aliphatic hydroxyl groups is 1. The quantitative estimate of drug-likeness (QED) is 0.542. The molecule has 148 valence electrons. The van der Waals surface area contributed by atoms with Gasteiger partial charge in [-0.05, 0) is 18.9 Å². The molecular formula is C16H21N3O7S. The van der Waals surface area contributed by atoms with E-state index in [2.05, 4.69) is 10.1 Å². The van der Waals surface area contributed by atoms with Crippen LogP contribution >= 0.6 is 11.3 Å². The average Bonchev–Trinajstić information content (AvgIpc) is 3.13. The number of hydrogen-bond acceptors (Lipinski definition) is 9. The summed E-state index contributed by atoms with van der Waals surface area (Å²) in [6, 6.07) is -0.749. The van der Waals surface area contributed by atoms with E-state index in [1.54, 1.807) is 6.92 Å². The van der Waals surface area contributed by atoms with E-state index in [9.17, 15) is 24.3 Å². The van der Waals surface area contributed by atoms with E-state index in [4.69, 9.17) is 10.5 Å². The standard InChI is InChI=1S/C16H21N3O7S/c1-7-11(15(23)25-2)14(27-12(7)16(24)26-3)18-10(21)6-19-5-8(20)4-9(19)13(17)22/h8-9,20H,4-6H2,1-3H3,(H2,17,22)(H,18,21)/t8-,9+/m1/s1. The minimum atomic E-state index is -0.754. The lowest BCUT2D eigenvalue weighted by Gasteiger charge is -2.20. The van der Waals surface area contributed by atoms with Gasteiger partial charge in [-0.15, -0.1) is 11.3 Å². The molecule has 0 bridgehead atoms. The Balaban J connectivity index is 2.23. The van der Waals surface area contributed by atoms with Gasteiger partial charge >= 0.3 is 11.9 Å². The molecule has 2 rings (SSSR count). The smallest absolute Gasteiger partial charge is 0.348 e. The Labute approximate surface area is 159 Å². The van der Waals surface area contributed by atoms with Crippen LogP contribution in [0.5, 0.6) is 0 Å². The molecule has 0 spiro atoms. The van der Waals surface area contributed by atoms with Gasteiger partial charge in [0, 0.05) is 6.54 Å². The van der Waals surface area contributed by atoms with Crippen LogP contribution in [0.4, 0.5) is 5.00 Å². The molecule has 1 aliphatic heterocycles. The van der Waals surface area contributed by atoms with Crippen LogP contribution in [0.1, 0.15) is 32.0 Å². The monoisotopic (exact) mass is 399 g/mol. The summed E-state index contributed by atoms with van der Waals surface area (Å²) in [5.41, 5.74) is 5.69. The maximum atomic E-state index is 12.4. The lowest BCUT2D eigenvalue weighted by molar-refractivity contribution is -0.123. The predicted molar refractivity (Wildman–Crippen MR) is 95.5 cm³/mol. The van der Waals surface area contributed by atoms with Gasteiger partial charge in [-0.1, -0.05) is 0 Å². The first-order valence-corrected chi connectivity index (χ1v) is 8.82. The van der Waals surface area contributed by atoms with Gasteiger partial charge in [-0.25, -0.2) is 9.59 Å². The van der Waals surface area contributed by atoms with Crippen LogP contribution in [0, 0.1) is 6.92 Å². The van der Waals surface area contributed by atoms with Crippen molar-refractivity contribution >= 4 is 40.1 Å². The van der Waals surface area contributed by atoms with Crippen LogP contribution in [-0.2, 0) is 19.1 Å². The maximum Gasteiger partial charge on any atom is 0.348 e. The maximum absolute atomic E-state index is 12.4. The second kappa shape index (κ2) is 8.46. The molecule has 0 saturated carbocycles. The minimum Gasteiger partial charge on any atom is -0.465 e. The molecule has 2 amide bonds. The number of amides is 2. The molecule has 1 saturated heterocycles. The number of anilines is 1. The summed E-state index contributed by atoms with van der Waals surface area (Å²) in [7, 11) is 2.39. The Morgan fingerprint density at radius 2 is 1.89 bits per heavy atom. The number of thiophene rings is 1. The highest BCUT2D eigenvalue weighted by molar-refractivity contribution is 7.18. The summed E-state index contributed by atoms with van der Waals surface area (Å²) in [5.74, 6) is -2.51. The lowest BCUT2D eigenvalue weighted by Crippen LogP contribution is -2.43. The molecule has 10 nitrogen and oxygen atoms in total. The number of carbonyl (C=O) groups is 4. The Bertz CT molecular complexity index is 776. The SMILES string of the molecule is COC(=O)c1sc(NC(=O)CN2C[C@H](O)C[C@H]2C(N)=O)c(C(=O)OC)c1C. The number of likely N-dealkylation sites (tertiary alicyclic amines) is 1. The van der Waals surface area contributed by atoms with Gasteiger partial charge in [0.2, 0.25) is 11.8 Å². The number of rotatable bonds is 6. The van der Waals surface area contributed by atoms with Crippen molar-refractivity contribution in [2.45, 2.75) is 25.5 Å². The van der Waals surface area contributed by atoms with Crippen LogP contribution in [0.3, 0.4) is 0 Å². The van der Waals surface area contributed by atoms with Gasteiger partial charge in [0.15, 0.2) is 0 Å². The third kappa shape index (κ3) is 4.43. The fraction of sp³-hybridized carbons (Fsp3) is 0.500. The van der Waals surface area contributed by atoms with Crippen LogP contribution in [-0.4, -0.2) is 73.2 Å². The Hall–Kier alpha value is -2.50. The molecule has 27 heavy (non-hydrogen) atoms. The number of nitrogens with two attached hydrogens (primary N) is 1. The highest BCUT2D eigenvalue weighted by Crippen LogP contribution is 2.34. The molecule has 0 radical (unpaired) electrons. The average molecular weight is 399 g/mol. The molecule has 1 aromatic heterocycles. The third-order valence-electron chi connectivity index (χ3n) is 4.22. The van der Waals surface area contributed by atoms with Crippen LogP contribution < -0.4 is 11.1 Å². The first kappa shape index (κ1) is 20.8. The van der Waals surface area contributed by atoms with Crippen LogP contribution in [0.2, 0.25) is 0 Å². The van der Waals surface area contributed by atoms with Crippen molar-refractivity contribution in [3.05, 3.63) is 16.0 Å². The van der Waals surface area contributed by atoms with Crippen molar-refractivity contribution in [2.24, 2.45) is 5.73 Å². The normalized spacial score (nSPS) is 19.6. The van der Waals surface area contributed by atoms with E-state index in [-0.39, 0.29) is 35.0 Å². The minimum absolute atomic E-state index is 0.0594. The number of carbonyl (C=O) groups excluding carboxylic acids is 4. The van der Waals surface area contributed by atoms with E-state index < -0.39 is 35.9 Å². The second-order valence-electron chi connectivity index (χ2n) is 6.03. The molecule has 0 unspecified atom stereocenters. The lowest BCUT2D eigenvalue weighted by atomic mass is 10.1. The number of nitrogens with one attached hydrogen (secondary N) is 1. The fourth-order valence-electron chi connectivity index (χ4n) is 2.94. The number of aliphatic hydroxyl groups excluding tert-OH is 1. The van der Waals surface area contributed by atoms with Gasteiger partial charge in [0.25, 0.3) is 0 Å². The first-order chi connectivity index (χ1) is 12.7. The van der Waals surface area contributed by atoms with Gasteiger partial charge in [-0.3, -0.25) is 14.5 Å². The summed E-state index contributed by atoms with van der Waals surface area (Å²) in [4.78, 5) is 49.4. The topological polar surface area (TPSA) is 148 Å². The zero-order valence-electron chi connectivity index (χ0n) is 15.1. The van der Waals surface area contributed by atoms with E-state index in [1.165, 1.54) is 19.1 Å². The fourth-order valence-corrected chi connectivity index (χ4v) is 4.07. The van der Waals surface area contributed by atoms with E-state index in [0.717, 1.165) is 11.3 Å². The van der Waals surface area contributed by atoms with E-state index >= 15 is 0 Å². The van der Waals surface area contributed by atoms with Crippen molar-refractivity contribution < 1.29 is 33.8 Å². The molecule has 1 aromatic rings. The number of esters is 2. The van der Waals surface area contributed by atoms with Gasteiger partial charge in [0.05, 0.1) is 38.5 Å². The molecule has 0 aromatic carbocycles. The zero-order valence-corrected chi connectivity index (χ0v) is 15.9. The number of nitrogens with zero attached hydrogens (tertiary/aromatic N) is 1. The number of hydrogen-bond donors (Lipinski definition) is 3. The van der Waals surface area contributed by atoms with E-state index in [0.29, 0.717) is 5.56 Å². The molecule has 2 heterocycles. The summed E-state index contributed by atoms with van der Waals surface area (Å²) in [6.45, 7) is 1.46. The molecule has 1 fully saturated rings. The van der Waals surface area contributed by atoms with Crippen molar-refractivity contribution in [3.8, 4) is 0 Å². The van der Waals surface area contributed by atoms with Crippen LogP contribution in [0.25, 0.3) is 0 Å². The summed E-state index contributed by atoms with van der Waals surface area (Å²) in [5, 5.41) is 12.4. The molecular weight excluding hydrogens is 378 g/mol. The molecule has 1 aliphatic rings. The van der Waals surface area contributed by atoms with Gasteiger partial charge < -0.3 is 25.6 Å². The molecule has 11 heteroatoms. The number of primary amides is 1. The number of β-amino-alcohol motifs (C(OH)–C–C–N with tert-alkyl or cyclic N) is 1.